The largest absolute Gasteiger partial charge is 0.385 e. The van der Waals surface area contributed by atoms with Gasteiger partial charge in [0.25, 0.3) is 0 Å². The van der Waals surface area contributed by atoms with Crippen LogP contribution in [0.1, 0.15) is 25.1 Å². The van der Waals surface area contributed by atoms with Gasteiger partial charge in [-0.25, -0.2) is 19.3 Å². The Balaban J connectivity index is 1.31. The number of H-pyrrole nitrogens is 1. The van der Waals surface area contributed by atoms with E-state index in [0.717, 1.165) is 24.8 Å². The van der Waals surface area contributed by atoms with Gasteiger partial charge in [-0.3, -0.25) is 4.79 Å². The monoisotopic (exact) mass is 510 g/mol. The molecule has 3 aromatic rings. The average Bonchev–Trinajstić information content (AvgIpc) is 3.64. The third-order valence-corrected chi connectivity index (χ3v) is 6.21. The molecule has 0 unspecified atom stereocenters. The van der Waals surface area contributed by atoms with Gasteiger partial charge in [-0.15, -0.1) is 0 Å². The predicted molar refractivity (Wildman–Crippen MR) is 134 cm³/mol. The highest BCUT2D eigenvalue weighted by Crippen LogP contribution is 2.30. The third-order valence-electron chi connectivity index (χ3n) is 6.21. The van der Waals surface area contributed by atoms with E-state index in [1.165, 1.54) is 12.1 Å². The summed E-state index contributed by atoms with van der Waals surface area (Å²) in [6.07, 6.45) is 4.40. The van der Waals surface area contributed by atoms with Crippen LogP contribution in [0.4, 0.5) is 10.3 Å². The van der Waals surface area contributed by atoms with Crippen LogP contribution in [0.25, 0.3) is 22.6 Å². The molecule has 2 aliphatic rings. The molecule has 1 saturated heterocycles. The van der Waals surface area contributed by atoms with Crippen molar-refractivity contribution in [2.75, 3.05) is 38.8 Å². The number of aromatic nitrogens is 4. The van der Waals surface area contributed by atoms with Crippen molar-refractivity contribution < 1.29 is 23.4 Å². The van der Waals surface area contributed by atoms with Gasteiger partial charge in [-0.05, 0) is 49.6 Å². The molecule has 1 aromatic carbocycles. The van der Waals surface area contributed by atoms with E-state index >= 15 is 0 Å². The number of halogens is 1. The number of hydrogen-bond donors (Lipinski definition) is 3. The van der Waals surface area contributed by atoms with Crippen LogP contribution in [-0.4, -0.2) is 71.7 Å². The molecule has 3 N–H and O–H groups in total. The third kappa shape index (κ3) is 6.68. The quantitative estimate of drug-likeness (QED) is 0.337. The number of amides is 1. The van der Waals surface area contributed by atoms with Crippen molar-refractivity contribution in [3.8, 4) is 22.6 Å². The average molecular weight is 511 g/mol. The summed E-state index contributed by atoms with van der Waals surface area (Å²) in [6.45, 7) is 1.91. The second-order valence-corrected chi connectivity index (χ2v) is 9.23. The summed E-state index contributed by atoms with van der Waals surface area (Å²) in [4.78, 5) is 29.4. The van der Waals surface area contributed by atoms with Gasteiger partial charge in [0.15, 0.2) is 6.29 Å². The first kappa shape index (κ1) is 25.2. The number of carbonyl (C=O) groups is 1. The summed E-state index contributed by atoms with van der Waals surface area (Å²) in [7, 11) is 1.66. The van der Waals surface area contributed by atoms with Crippen LogP contribution >= 0.6 is 0 Å². The molecule has 196 valence electrons. The van der Waals surface area contributed by atoms with Crippen LogP contribution in [0.5, 0.6) is 0 Å². The summed E-state index contributed by atoms with van der Waals surface area (Å²) in [5.74, 6) is 0.470. The summed E-state index contributed by atoms with van der Waals surface area (Å²) in [5, 5.41) is 6.19. The van der Waals surface area contributed by atoms with Crippen molar-refractivity contribution in [1.29, 1.82) is 0 Å². The van der Waals surface area contributed by atoms with Crippen LogP contribution in [0, 0.1) is 11.7 Å². The summed E-state index contributed by atoms with van der Waals surface area (Å²) < 4.78 is 30.4. The second-order valence-electron chi connectivity index (χ2n) is 9.23. The molecule has 0 spiro atoms. The molecule has 11 heteroatoms. The number of nitrogens with zero attached hydrogens (tertiary/aromatic N) is 3. The van der Waals surface area contributed by atoms with E-state index < -0.39 is 6.29 Å². The molecule has 2 aromatic heterocycles. The fourth-order valence-corrected chi connectivity index (χ4v) is 4.04. The predicted octanol–water partition coefficient (Wildman–Crippen LogP) is 2.93. The molecule has 5 rings (SSSR count). The highest BCUT2D eigenvalue weighted by atomic mass is 19.1. The lowest BCUT2D eigenvalue weighted by atomic mass is 10.1. The highest BCUT2D eigenvalue weighted by Gasteiger charge is 2.32. The summed E-state index contributed by atoms with van der Waals surface area (Å²) >= 11 is 0. The number of ether oxygens (including phenoxy) is 3. The molecule has 3 heterocycles. The van der Waals surface area contributed by atoms with Crippen molar-refractivity contribution in [3.63, 3.8) is 0 Å². The van der Waals surface area contributed by atoms with E-state index in [1.807, 2.05) is 0 Å². The van der Waals surface area contributed by atoms with E-state index in [9.17, 15) is 9.18 Å². The van der Waals surface area contributed by atoms with Crippen molar-refractivity contribution in [3.05, 3.63) is 48.2 Å². The van der Waals surface area contributed by atoms with E-state index in [0.29, 0.717) is 67.7 Å². The first-order chi connectivity index (χ1) is 18.1. The van der Waals surface area contributed by atoms with Gasteiger partial charge in [0, 0.05) is 38.1 Å². The highest BCUT2D eigenvalue weighted by molar-refractivity contribution is 5.79. The topological polar surface area (TPSA) is 123 Å². The second kappa shape index (κ2) is 11.8. The molecule has 1 aliphatic heterocycles. The molecule has 10 nitrogen and oxygen atoms in total. The smallest absolute Gasteiger partial charge is 0.228 e. The first-order valence-electron chi connectivity index (χ1n) is 12.5. The Morgan fingerprint density at radius 2 is 1.95 bits per heavy atom. The first-order valence-corrected chi connectivity index (χ1v) is 12.5. The normalized spacial score (nSPS) is 19.5. The van der Waals surface area contributed by atoms with Crippen LogP contribution in [0.3, 0.4) is 0 Å². The van der Waals surface area contributed by atoms with Gasteiger partial charge >= 0.3 is 0 Å². The number of anilines is 1. The number of imidazole rings is 1. The van der Waals surface area contributed by atoms with E-state index in [1.54, 1.807) is 31.5 Å². The summed E-state index contributed by atoms with van der Waals surface area (Å²) in [6, 6.07) is 8.26. The zero-order chi connectivity index (χ0) is 25.6. The standard InChI is InChI=1S/C26H31FN6O4/c1-35-12-2-10-28-26-29-11-9-20(31-26)24-23(16-3-5-18(27)6-4-16)32-21(33-24)13-22-36-14-17(15-37-22)25(34)30-19-7-8-19/h3-6,9,11,17,19,22H,2,7-8,10,12-15H2,1H3,(H,30,34)(H,32,33)(H,28,29,31). The minimum Gasteiger partial charge on any atom is -0.385 e. The van der Waals surface area contributed by atoms with Crippen LogP contribution < -0.4 is 10.6 Å². The molecule has 1 aliphatic carbocycles. The fraction of sp³-hybridized carbons (Fsp3) is 0.462. The SMILES string of the molecule is COCCCNc1nccc(-c2[nH]c(CC3OCC(C(=O)NC4CC4)CO3)nc2-c2ccc(F)cc2)n1. The lowest BCUT2D eigenvalue weighted by molar-refractivity contribution is -0.200. The van der Waals surface area contributed by atoms with Crippen molar-refractivity contribution in [1.82, 2.24) is 25.3 Å². The number of methoxy groups -OCH3 is 1. The van der Waals surface area contributed by atoms with E-state index in [4.69, 9.17) is 19.2 Å². The molecular formula is C26H31FN6O4. The molecule has 1 saturated carbocycles. The lowest BCUT2D eigenvalue weighted by Crippen LogP contribution is -2.43. The Hall–Kier alpha value is -3.41. The van der Waals surface area contributed by atoms with E-state index in [-0.39, 0.29) is 17.6 Å². The van der Waals surface area contributed by atoms with Gasteiger partial charge in [0.05, 0.1) is 42.6 Å². The van der Waals surface area contributed by atoms with Gasteiger partial charge in [-0.1, -0.05) is 0 Å². The number of aromatic amines is 1. The molecule has 1 amide bonds. The van der Waals surface area contributed by atoms with Crippen molar-refractivity contribution in [2.24, 2.45) is 5.92 Å². The lowest BCUT2D eigenvalue weighted by Gasteiger charge is -2.28. The van der Waals surface area contributed by atoms with Crippen molar-refractivity contribution in [2.45, 2.75) is 38.0 Å². The maximum atomic E-state index is 13.6. The molecule has 37 heavy (non-hydrogen) atoms. The molecule has 2 fully saturated rings. The molecular weight excluding hydrogens is 479 g/mol. The maximum absolute atomic E-state index is 13.6. The number of carbonyl (C=O) groups excluding carboxylic acids is 1. The Morgan fingerprint density at radius 1 is 1.16 bits per heavy atom. The van der Waals surface area contributed by atoms with Gasteiger partial charge in [0.1, 0.15) is 11.6 Å². The maximum Gasteiger partial charge on any atom is 0.228 e. The summed E-state index contributed by atoms with van der Waals surface area (Å²) in [5.41, 5.74) is 2.71. The number of benzene rings is 1. The zero-order valence-electron chi connectivity index (χ0n) is 20.7. The Bertz CT molecular complexity index is 1190. The fourth-order valence-electron chi connectivity index (χ4n) is 4.04. The van der Waals surface area contributed by atoms with Crippen molar-refractivity contribution >= 4 is 11.9 Å². The number of rotatable bonds is 11. The van der Waals surface area contributed by atoms with Crippen LogP contribution in [0.2, 0.25) is 0 Å². The van der Waals surface area contributed by atoms with Gasteiger partial charge in [0.2, 0.25) is 11.9 Å². The Labute approximate surface area is 214 Å². The Kier molecular flexibility index (Phi) is 8.02. The zero-order valence-corrected chi connectivity index (χ0v) is 20.7. The molecule has 0 bridgehead atoms. The minimum absolute atomic E-state index is 0.0183. The minimum atomic E-state index is -0.534. The number of nitrogens with one attached hydrogen (secondary N) is 3. The van der Waals surface area contributed by atoms with Gasteiger partial charge in [-0.2, -0.15) is 0 Å². The van der Waals surface area contributed by atoms with Gasteiger partial charge < -0.3 is 29.8 Å². The number of hydrogen-bond acceptors (Lipinski definition) is 8. The van der Waals surface area contributed by atoms with Crippen LogP contribution in [-0.2, 0) is 25.4 Å². The van der Waals surface area contributed by atoms with E-state index in [2.05, 4.69) is 25.6 Å². The van der Waals surface area contributed by atoms with Crippen LogP contribution in [0.15, 0.2) is 36.5 Å². The molecule has 0 atom stereocenters. The molecule has 0 radical (unpaired) electrons. The Morgan fingerprint density at radius 3 is 2.68 bits per heavy atom.